The molecule has 1 unspecified atom stereocenters. The Kier molecular flexibility index (Phi) is 3.59. The molecular weight excluding hydrogens is 376 g/mol. The molecule has 4 heterocycles. The normalized spacial score (nSPS) is 13.1. The van der Waals surface area contributed by atoms with Gasteiger partial charge in [0.15, 0.2) is 0 Å². The van der Waals surface area contributed by atoms with Crippen molar-refractivity contribution in [1.29, 1.82) is 0 Å². The second kappa shape index (κ2) is 6.14. The van der Waals surface area contributed by atoms with Crippen LogP contribution in [0.3, 0.4) is 0 Å². The maximum absolute atomic E-state index is 12.1. The van der Waals surface area contributed by atoms with Crippen molar-refractivity contribution in [1.82, 2.24) is 9.97 Å². The Hall–Kier alpha value is -3.78. The maximum Gasteiger partial charge on any atom is 0.323 e. The number of urea groups is 1. The molecule has 0 spiro atoms. The van der Waals surface area contributed by atoms with Crippen LogP contribution in [0.1, 0.15) is 0 Å². The van der Waals surface area contributed by atoms with E-state index >= 15 is 0 Å². The lowest BCUT2D eigenvalue weighted by Crippen LogP contribution is -2.23. The van der Waals surface area contributed by atoms with Gasteiger partial charge < -0.3 is 20.5 Å². The minimum absolute atomic E-state index is 0.365. The first-order valence-corrected chi connectivity index (χ1v) is 9.65. The average molecular weight is 388 g/mol. The van der Waals surface area contributed by atoms with Crippen LogP contribution in [-0.2, 0) is 0 Å². The zero-order chi connectivity index (χ0) is 19.3. The quantitative estimate of drug-likeness (QED) is 0.518. The number of hydrogen-bond acceptors (Lipinski definition) is 5. The molecule has 0 radical (unpaired) electrons. The molecule has 2 amide bonds. The number of pyridine rings is 2. The molecule has 136 valence electrons. The molecule has 1 aromatic carbocycles. The van der Waals surface area contributed by atoms with Crippen LogP contribution in [-0.4, -0.2) is 21.3 Å². The Balaban J connectivity index is 1.74. The van der Waals surface area contributed by atoms with Gasteiger partial charge in [0.1, 0.15) is 16.8 Å². The van der Waals surface area contributed by atoms with Gasteiger partial charge in [-0.1, -0.05) is 36.4 Å². The van der Waals surface area contributed by atoms with Crippen molar-refractivity contribution in [3.8, 4) is 21.7 Å². The molecule has 2 N–H and O–H groups in total. The summed E-state index contributed by atoms with van der Waals surface area (Å²) in [4.78, 5) is 33.5. The predicted molar refractivity (Wildman–Crippen MR) is 106 cm³/mol. The van der Waals surface area contributed by atoms with E-state index in [2.05, 4.69) is 20.6 Å². The number of rotatable bonds is 3. The van der Waals surface area contributed by atoms with E-state index in [9.17, 15) is 14.7 Å². The molecule has 1 atom stereocenters. The zero-order valence-corrected chi connectivity index (χ0v) is 15.1. The number of amides is 2. The number of carboxylic acid groups (broad SMARTS) is 1. The molecule has 0 aliphatic carbocycles. The number of aromatic nitrogens is 2. The minimum atomic E-state index is -1.45. The second-order valence-corrected chi connectivity index (χ2v) is 7.92. The van der Waals surface area contributed by atoms with E-state index in [0.29, 0.717) is 32.2 Å². The Bertz CT molecular complexity index is 1250. The van der Waals surface area contributed by atoms with Crippen LogP contribution in [0, 0.1) is 0 Å². The van der Waals surface area contributed by atoms with Gasteiger partial charge in [0.05, 0.1) is 16.2 Å². The molecule has 1 aliphatic heterocycles. The molecule has 7 nitrogen and oxygen atoms in total. The van der Waals surface area contributed by atoms with Crippen molar-refractivity contribution in [2.45, 2.75) is 0 Å². The van der Waals surface area contributed by atoms with E-state index < -0.39 is 21.8 Å². The van der Waals surface area contributed by atoms with Crippen LogP contribution in [0.5, 0.6) is 0 Å². The van der Waals surface area contributed by atoms with Crippen LogP contribution in [0.4, 0.5) is 21.0 Å². The summed E-state index contributed by atoms with van der Waals surface area (Å²) in [6, 6.07) is 14.6. The monoisotopic (exact) mass is 388 g/mol. The molecule has 0 saturated carbocycles. The first kappa shape index (κ1) is 16.4. The summed E-state index contributed by atoms with van der Waals surface area (Å²) in [5.74, 6) is 0. The number of benzene rings is 1. The zero-order valence-electron chi connectivity index (χ0n) is 14.3. The predicted octanol–water partition coefficient (Wildman–Crippen LogP) is 3.86. The summed E-state index contributed by atoms with van der Waals surface area (Å²) in [6.45, 7) is 0. The number of carbonyl (C=O) groups is 2. The summed E-state index contributed by atoms with van der Waals surface area (Å²) in [5, 5.41) is 16.7. The highest BCUT2D eigenvalue weighted by Crippen LogP contribution is 2.52. The third-order valence-corrected chi connectivity index (χ3v) is 6.40. The van der Waals surface area contributed by atoms with Gasteiger partial charge in [0.2, 0.25) is 4.88 Å². The smallest absolute Gasteiger partial charge is 0.323 e. The molecule has 0 saturated heterocycles. The number of nitrogens with one attached hydrogen (secondary N) is 2. The summed E-state index contributed by atoms with van der Waals surface area (Å²) >= 11 is 0. The van der Waals surface area contributed by atoms with Gasteiger partial charge in [0, 0.05) is 18.0 Å². The summed E-state index contributed by atoms with van der Waals surface area (Å²) in [5.41, 5.74) is 3.33. The first-order chi connectivity index (χ1) is 13.6. The van der Waals surface area contributed by atoms with Gasteiger partial charge in [-0.25, -0.2) is 9.78 Å². The highest BCUT2D eigenvalue weighted by atomic mass is 32.2. The van der Waals surface area contributed by atoms with Gasteiger partial charge in [-0.3, -0.25) is 4.98 Å². The fraction of sp³-hybridized carbons (Fsp3) is 0. The standard InChI is InChI=1S/C20H12N4O3S/c25-19-23-13-8-9-21-18-15(13)16(24-19)17(28(18)20(26)27)14-7-6-12(10-22-14)11-4-2-1-3-5-11/h1-10H,(H2-,21,22,23,24,25,26,27). The van der Waals surface area contributed by atoms with Crippen molar-refractivity contribution >= 4 is 43.4 Å². The van der Waals surface area contributed by atoms with Gasteiger partial charge in [-0.15, -0.1) is 0 Å². The average Bonchev–Trinajstić information content (AvgIpc) is 3.04. The van der Waals surface area contributed by atoms with Crippen molar-refractivity contribution in [2.24, 2.45) is 0 Å². The van der Waals surface area contributed by atoms with Crippen LogP contribution >= 0.6 is 10.5 Å². The molecule has 0 fully saturated rings. The van der Waals surface area contributed by atoms with Crippen molar-refractivity contribution in [3.05, 3.63) is 60.9 Å². The number of carbonyl (C=O) groups excluding carboxylic acids is 2. The first-order valence-electron chi connectivity index (χ1n) is 8.42. The van der Waals surface area contributed by atoms with E-state index in [4.69, 9.17) is 0 Å². The molecular formula is C20H12N4O3S. The van der Waals surface area contributed by atoms with Gasteiger partial charge in [-0.2, -0.15) is 0 Å². The topological polar surface area (TPSA) is 107 Å². The van der Waals surface area contributed by atoms with E-state index in [1.54, 1.807) is 18.3 Å². The van der Waals surface area contributed by atoms with E-state index in [0.717, 1.165) is 11.1 Å². The third-order valence-electron chi connectivity index (χ3n) is 4.55. The second-order valence-electron chi connectivity index (χ2n) is 6.18. The highest BCUT2D eigenvalue weighted by Gasteiger charge is 2.37. The molecule has 5 rings (SSSR count). The Morgan fingerprint density at radius 3 is 2.50 bits per heavy atom. The summed E-state index contributed by atoms with van der Waals surface area (Å²) < 4.78 is 0. The molecule has 8 heteroatoms. The lowest BCUT2D eigenvalue weighted by atomic mass is 10.1. The van der Waals surface area contributed by atoms with Crippen molar-refractivity contribution in [2.75, 3.05) is 10.6 Å². The number of anilines is 2. The maximum atomic E-state index is 12.1. The molecule has 4 aromatic rings. The number of hydrogen-bond donors (Lipinski definition) is 2. The Morgan fingerprint density at radius 2 is 1.79 bits per heavy atom. The molecule has 28 heavy (non-hydrogen) atoms. The Labute approximate surface area is 161 Å². The van der Waals surface area contributed by atoms with Crippen LogP contribution in [0.2, 0.25) is 0 Å². The number of thiophene rings is 1. The SMILES string of the molecule is O=C1Nc2ccnc3c2c(c(-c2ccc(-c4ccccc4)cn2)[s+]3C(=O)[O-])N1. The van der Waals surface area contributed by atoms with Crippen LogP contribution in [0.25, 0.3) is 31.9 Å². The Morgan fingerprint density at radius 1 is 0.964 bits per heavy atom. The van der Waals surface area contributed by atoms with Gasteiger partial charge >= 0.3 is 11.3 Å². The highest BCUT2D eigenvalue weighted by molar-refractivity contribution is 7.57. The van der Waals surface area contributed by atoms with Gasteiger partial charge in [-0.05, 0) is 17.7 Å². The number of nitrogens with zero attached hydrogens (tertiary/aromatic N) is 2. The van der Waals surface area contributed by atoms with Crippen LogP contribution in [0.15, 0.2) is 60.9 Å². The molecule has 1 aliphatic rings. The molecule has 0 bridgehead atoms. The van der Waals surface area contributed by atoms with Gasteiger partial charge in [0.25, 0.3) is 4.83 Å². The van der Waals surface area contributed by atoms with Crippen LogP contribution < -0.4 is 15.7 Å². The fourth-order valence-electron chi connectivity index (χ4n) is 3.37. The van der Waals surface area contributed by atoms with E-state index in [-0.39, 0.29) is 0 Å². The van der Waals surface area contributed by atoms with E-state index in [1.165, 1.54) is 6.20 Å². The summed E-state index contributed by atoms with van der Waals surface area (Å²) in [7, 11) is -1.45. The van der Waals surface area contributed by atoms with Crippen molar-refractivity contribution < 1.29 is 14.7 Å². The minimum Gasteiger partial charge on any atom is -0.500 e. The molecule has 3 aromatic heterocycles. The largest absolute Gasteiger partial charge is 0.500 e. The summed E-state index contributed by atoms with van der Waals surface area (Å²) in [6.07, 6.45) is 3.17. The third kappa shape index (κ3) is 2.43. The van der Waals surface area contributed by atoms with E-state index in [1.807, 2.05) is 36.4 Å². The van der Waals surface area contributed by atoms with Crippen molar-refractivity contribution in [3.63, 3.8) is 0 Å². The fourth-order valence-corrected chi connectivity index (χ4v) is 5.15. The lowest BCUT2D eigenvalue weighted by Gasteiger charge is -2.13. The lowest BCUT2D eigenvalue weighted by molar-refractivity contribution is -0.233.